The van der Waals surface area contributed by atoms with Crippen LogP contribution in [-0.4, -0.2) is 36.9 Å². The van der Waals surface area contributed by atoms with Gasteiger partial charge in [0, 0.05) is 18.1 Å². The predicted molar refractivity (Wildman–Crippen MR) is 66.3 cm³/mol. The molecule has 1 N–H and O–H groups in total. The molecule has 98 valence electrons. The van der Waals surface area contributed by atoms with Crippen molar-refractivity contribution in [1.82, 2.24) is 4.31 Å². The zero-order valence-electron chi connectivity index (χ0n) is 9.01. The molecule has 0 bridgehead atoms. The number of benzene rings is 1. The molecule has 1 aliphatic heterocycles. The topological polar surface area (TPSA) is 74.7 Å². The summed E-state index contributed by atoms with van der Waals surface area (Å²) in [7, 11) is -3.77. The first kappa shape index (κ1) is 13.6. The molecule has 0 amide bonds. The molecule has 0 unspecified atom stereocenters. The smallest absolute Gasteiger partial charge is 0.309 e. The van der Waals surface area contributed by atoms with Gasteiger partial charge in [-0.25, -0.2) is 8.42 Å². The van der Waals surface area contributed by atoms with E-state index >= 15 is 0 Å². The van der Waals surface area contributed by atoms with Crippen molar-refractivity contribution < 1.29 is 18.3 Å². The van der Waals surface area contributed by atoms with Gasteiger partial charge in [-0.05, 0) is 18.2 Å². The van der Waals surface area contributed by atoms with Crippen LogP contribution in [0.2, 0.25) is 10.0 Å². The van der Waals surface area contributed by atoms with E-state index in [4.69, 9.17) is 28.3 Å². The average Bonchev–Trinajstić information content (AvgIpc) is 2.18. The molecule has 0 saturated carbocycles. The Bertz CT molecular complexity index is 596. The van der Waals surface area contributed by atoms with E-state index in [1.165, 1.54) is 18.2 Å². The van der Waals surface area contributed by atoms with E-state index in [-0.39, 0.29) is 28.0 Å². The summed E-state index contributed by atoms with van der Waals surface area (Å²) in [6.45, 7) is -0.0823. The number of sulfonamides is 1. The molecule has 1 aromatic carbocycles. The highest BCUT2D eigenvalue weighted by Gasteiger charge is 2.41. The van der Waals surface area contributed by atoms with Gasteiger partial charge in [-0.2, -0.15) is 4.31 Å². The number of halogens is 2. The number of carbonyl (C=O) groups is 1. The van der Waals surface area contributed by atoms with Crippen LogP contribution in [0.15, 0.2) is 23.1 Å². The maximum Gasteiger partial charge on any atom is 0.309 e. The van der Waals surface area contributed by atoms with Gasteiger partial charge in [0.2, 0.25) is 10.0 Å². The SMILES string of the molecule is O=C(O)C1CN(S(=O)(=O)c2cc(Cl)ccc2Cl)C1. The molecule has 0 atom stereocenters. The summed E-state index contributed by atoms with van der Waals surface area (Å²) in [5.41, 5.74) is 0. The van der Waals surface area contributed by atoms with E-state index in [9.17, 15) is 13.2 Å². The number of carboxylic acids is 1. The first-order valence-corrected chi connectivity index (χ1v) is 7.20. The highest BCUT2D eigenvalue weighted by molar-refractivity contribution is 7.89. The second kappa shape index (κ2) is 4.70. The van der Waals surface area contributed by atoms with E-state index in [0.29, 0.717) is 0 Å². The van der Waals surface area contributed by atoms with Gasteiger partial charge < -0.3 is 5.11 Å². The molecule has 1 saturated heterocycles. The van der Waals surface area contributed by atoms with Crippen molar-refractivity contribution in [2.24, 2.45) is 5.92 Å². The summed E-state index contributed by atoms with van der Waals surface area (Å²) >= 11 is 11.6. The van der Waals surface area contributed by atoms with Gasteiger partial charge in [0.15, 0.2) is 0 Å². The van der Waals surface area contributed by atoms with Crippen LogP contribution in [0.3, 0.4) is 0 Å². The van der Waals surface area contributed by atoms with Gasteiger partial charge in [0.05, 0.1) is 10.9 Å². The van der Waals surface area contributed by atoms with Crippen LogP contribution in [0.25, 0.3) is 0 Å². The second-order valence-electron chi connectivity index (χ2n) is 3.93. The molecule has 0 spiro atoms. The van der Waals surface area contributed by atoms with Crippen LogP contribution in [0.1, 0.15) is 0 Å². The molecule has 2 rings (SSSR count). The van der Waals surface area contributed by atoms with Gasteiger partial charge in [0.1, 0.15) is 4.90 Å². The molecule has 0 radical (unpaired) electrons. The Morgan fingerprint density at radius 3 is 2.50 bits per heavy atom. The van der Waals surface area contributed by atoms with E-state index < -0.39 is 21.9 Å². The molecular formula is C10H9Cl2NO4S. The first-order chi connectivity index (χ1) is 8.32. The van der Waals surface area contributed by atoms with Crippen molar-refractivity contribution in [3.8, 4) is 0 Å². The largest absolute Gasteiger partial charge is 0.481 e. The molecule has 1 aliphatic rings. The molecule has 5 nitrogen and oxygen atoms in total. The van der Waals surface area contributed by atoms with Crippen LogP contribution < -0.4 is 0 Å². The zero-order chi connectivity index (χ0) is 13.5. The van der Waals surface area contributed by atoms with Crippen LogP contribution in [-0.2, 0) is 14.8 Å². The van der Waals surface area contributed by atoms with E-state index in [1.807, 2.05) is 0 Å². The Morgan fingerprint density at radius 2 is 1.94 bits per heavy atom. The predicted octanol–water partition coefficient (Wildman–Crippen LogP) is 1.70. The second-order valence-corrected chi connectivity index (χ2v) is 6.68. The normalized spacial score (nSPS) is 17.4. The third-order valence-electron chi connectivity index (χ3n) is 2.71. The fraction of sp³-hybridized carbons (Fsp3) is 0.300. The van der Waals surface area contributed by atoms with E-state index in [2.05, 4.69) is 0 Å². The fourth-order valence-corrected chi connectivity index (χ4v) is 3.87. The van der Waals surface area contributed by atoms with Gasteiger partial charge in [-0.15, -0.1) is 0 Å². The number of hydrogen-bond acceptors (Lipinski definition) is 3. The number of rotatable bonds is 3. The lowest BCUT2D eigenvalue weighted by atomic mass is 10.0. The van der Waals surface area contributed by atoms with E-state index in [0.717, 1.165) is 4.31 Å². The molecule has 1 aromatic rings. The summed E-state index contributed by atoms with van der Waals surface area (Å²) in [5, 5.41) is 9.04. The summed E-state index contributed by atoms with van der Waals surface area (Å²) in [6, 6.07) is 4.14. The highest BCUT2D eigenvalue weighted by atomic mass is 35.5. The number of nitrogens with zero attached hydrogens (tertiary/aromatic N) is 1. The van der Waals surface area contributed by atoms with Crippen LogP contribution in [0.4, 0.5) is 0 Å². The van der Waals surface area contributed by atoms with Crippen molar-refractivity contribution in [2.75, 3.05) is 13.1 Å². The highest BCUT2D eigenvalue weighted by Crippen LogP contribution is 2.31. The quantitative estimate of drug-likeness (QED) is 0.922. The van der Waals surface area contributed by atoms with Crippen molar-refractivity contribution in [3.05, 3.63) is 28.2 Å². The third kappa shape index (κ3) is 2.33. The third-order valence-corrected chi connectivity index (χ3v) is 5.26. The Labute approximate surface area is 114 Å². The number of carboxylic acid groups (broad SMARTS) is 1. The standard InChI is InChI=1S/C10H9Cl2NO4S/c11-7-1-2-8(12)9(3-7)18(16,17)13-4-6(5-13)10(14)15/h1-3,6H,4-5H2,(H,14,15). The minimum absolute atomic E-state index is 0.0412. The average molecular weight is 310 g/mol. The molecule has 0 aliphatic carbocycles. The lowest BCUT2D eigenvalue weighted by Gasteiger charge is -2.35. The van der Waals surface area contributed by atoms with Crippen molar-refractivity contribution in [3.63, 3.8) is 0 Å². The molecule has 8 heteroatoms. The molecular weight excluding hydrogens is 301 g/mol. The molecule has 1 heterocycles. The number of hydrogen-bond donors (Lipinski definition) is 1. The maximum atomic E-state index is 12.1. The van der Waals surface area contributed by atoms with Crippen molar-refractivity contribution in [1.29, 1.82) is 0 Å². The van der Waals surface area contributed by atoms with Gasteiger partial charge >= 0.3 is 5.97 Å². The Kier molecular flexibility index (Phi) is 3.55. The number of aliphatic carboxylic acids is 1. The minimum atomic E-state index is -3.77. The van der Waals surface area contributed by atoms with Crippen LogP contribution in [0, 0.1) is 5.92 Å². The lowest BCUT2D eigenvalue weighted by Crippen LogP contribution is -2.52. The summed E-state index contributed by atoms with van der Waals surface area (Å²) in [6.07, 6.45) is 0. The monoisotopic (exact) mass is 309 g/mol. The van der Waals surface area contributed by atoms with Gasteiger partial charge in [0.25, 0.3) is 0 Å². The summed E-state index contributed by atoms with van der Waals surface area (Å²) in [4.78, 5) is 10.5. The van der Waals surface area contributed by atoms with Crippen LogP contribution >= 0.6 is 23.2 Å². The van der Waals surface area contributed by atoms with E-state index in [1.54, 1.807) is 0 Å². The Balaban J connectivity index is 2.28. The Morgan fingerprint density at radius 1 is 1.33 bits per heavy atom. The lowest BCUT2D eigenvalue weighted by molar-refractivity contribution is -0.145. The summed E-state index contributed by atoms with van der Waals surface area (Å²) < 4.78 is 25.4. The van der Waals surface area contributed by atoms with Gasteiger partial charge in [-0.1, -0.05) is 23.2 Å². The van der Waals surface area contributed by atoms with Crippen LogP contribution in [0.5, 0.6) is 0 Å². The first-order valence-electron chi connectivity index (χ1n) is 5.00. The summed E-state index contributed by atoms with van der Waals surface area (Å²) in [5.74, 6) is -1.66. The zero-order valence-corrected chi connectivity index (χ0v) is 11.3. The fourth-order valence-electron chi connectivity index (χ4n) is 1.60. The van der Waals surface area contributed by atoms with Crippen molar-refractivity contribution in [2.45, 2.75) is 4.90 Å². The van der Waals surface area contributed by atoms with Gasteiger partial charge in [-0.3, -0.25) is 4.79 Å². The molecule has 18 heavy (non-hydrogen) atoms. The maximum absolute atomic E-state index is 12.1. The molecule has 0 aromatic heterocycles. The van der Waals surface area contributed by atoms with Crippen molar-refractivity contribution >= 4 is 39.2 Å². The minimum Gasteiger partial charge on any atom is -0.481 e. The molecule has 1 fully saturated rings. The Hall–Kier alpha value is -0.820.